The van der Waals surface area contributed by atoms with Crippen molar-refractivity contribution in [3.63, 3.8) is 0 Å². The van der Waals surface area contributed by atoms with Gasteiger partial charge in [-0.05, 0) is 52.5 Å². The molecule has 2 rings (SSSR count). The minimum atomic E-state index is -3.69. The number of thiophene rings is 1. The number of aliphatic hydroxyl groups excluding tert-OH is 1. The van der Waals surface area contributed by atoms with E-state index < -0.39 is 16.1 Å². The summed E-state index contributed by atoms with van der Waals surface area (Å²) in [5.74, 6) is 0.778. The summed E-state index contributed by atoms with van der Waals surface area (Å²) < 4.78 is 34.0. The maximum atomic E-state index is 12.5. The Kier molecular flexibility index (Phi) is 6.44. The van der Waals surface area contributed by atoms with Gasteiger partial charge in [0.25, 0.3) is 0 Å². The van der Waals surface area contributed by atoms with Crippen LogP contribution in [0.4, 0.5) is 0 Å². The Bertz CT molecular complexity index is 710. The summed E-state index contributed by atoms with van der Waals surface area (Å²) in [5, 5.41) is 9.75. The van der Waals surface area contributed by atoms with Crippen molar-refractivity contribution in [2.45, 2.75) is 36.4 Å². The quantitative estimate of drug-likeness (QED) is 0.682. The molecule has 0 amide bonds. The van der Waals surface area contributed by atoms with E-state index in [0.29, 0.717) is 18.1 Å². The maximum absolute atomic E-state index is 12.5. The molecular weight excluding hydrogens is 402 g/mol. The third kappa shape index (κ3) is 4.90. The molecular formula is C15H20BrNO4S2. The van der Waals surface area contributed by atoms with Gasteiger partial charge in [0.15, 0.2) is 0 Å². The fraction of sp³-hybridized carbons (Fsp3) is 0.467. The molecule has 0 aliphatic heterocycles. The number of rotatable bonds is 8. The number of furan rings is 1. The second-order valence-electron chi connectivity index (χ2n) is 5.72. The van der Waals surface area contributed by atoms with Crippen molar-refractivity contribution in [2.24, 2.45) is 5.92 Å². The van der Waals surface area contributed by atoms with Crippen LogP contribution >= 0.6 is 27.3 Å². The fourth-order valence-electron chi connectivity index (χ4n) is 2.43. The van der Waals surface area contributed by atoms with Crippen LogP contribution in [0.25, 0.3) is 0 Å². The largest absolute Gasteiger partial charge is 0.469 e. The first-order chi connectivity index (χ1) is 10.8. The average Bonchev–Trinajstić information content (AvgIpc) is 3.13. The van der Waals surface area contributed by atoms with Gasteiger partial charge in [-0.1, -0.05) is 13.8 Å². The molecule has 2 aromatic heterocycles. The first kappa shape index (κ1) is 18.7. The van der Waals surface area contributed by atoms with Crippen LogP contribution in [0.5, 0.6) is 0 Å². The predicted octanol–water partition coefficient (Wildman–Crippen LogP) is 3.57. The molecule has 0 aliphatic rings. The summed E-state index contributed by atoms with van der Waals surface area (Å²) >= 11 is 4.39. The number of halogens is 1. The second kappa shape index (κ2) is 7.94. The zero-order chi connectivity index (χ0) is 17.0. The van der Waals surface area contributed by atoms with E-state index in [1.165, 1.54) is 6.07 Å². The monoisotopic (exact) mass is 421 g/mol. The lowest BCUT2D eigenvalue weighted by Gasteiger charge is -2.26. The van der Waals surface area contributed by atoms with E-state index in [-0.39, 0.29) is 16.7 Å². The Morgan fingerprint density at radius 1 is 1.35 bits per heavy atom. The van der Waals surface area contributed by atoms with Crippen molar-refractivity contribution < 1.29 is 17.9 Å². The lowest BCUT2D eigenvalue weighted by molar-refractivity contribution is 0.218. The highest BCUT2D eigenvalue weighted by Crippen LogP contribution is 2.30. The van der Waals surface area contributed by atoms with Crippen LogP contribution in [0.3, 0.4) is 0 Å². The lowest BCUT2D eigenvalue weighted by atomic mass is 9.89. The van der Waals surface area contributed by atoms with Crippen molar-refractivity contribution in [3.8, 4) is 0 Å². The highest BCUT2D eigenvalue weighted by molar-refractivity contribution is 9.11. The van der Waals surface area contributed by atoms with Crippen molar-refractivity contribution in [1.82, 2.24) is 4.72 Å². The molecule has 2 atom stereocenters. The molecule has 23 heavy (non-hydrogen) atoms. The Morgan fingerprint density at radius 3 is 2.57 bits per heavy atom. The molecule has 128 valence electrons. The van der Waals surface area contributed by atoms with Crippen LogP contribution in [0, 0.1) is 5.92 Å². The molecule has 2 heterocycles. The van der Waals surface area contributed by atoms with E-state index in [4.69, 9.17) is 4.42 Å². The van der Waals surface area contributed by atoms with Crippen LogP contribution in [-0.2, 0) is 10.0 Å². The summed E-state index contributed by atoms with van der Waals surface area (Å²) in [5.41, 5.74) is 0. The summed E-state index contributed by atoms with van der Waals surface area (Å²) in [6.07, 6.45) is 2.26. The summed E-state index contributed by atoms with van der Waals surface area (Å²) in [6.45, 7) is 3.80. The predicted molar refractivity (Wildman–Crippen MR) is 94.1 cm³/mol. The van der Waals surface area contributed by atoms with Crippen molar-refractivity contribution in [2.75, 3.05) is 6.61 Å². The Morgan fingerprint density at radius 2 is 2.09 bits per heavy atom. The zero-order valence-corrected chi connectivity index (χ0v) is 16.1. The molecule has 2 aromatic rings. The number of hydrogen-bond acceptors (Lipinski definition) is 5. The summed E-state index contributed by atoms with van der Waals surface area (Å²) in [7, 11) is -3.69. The second-order valence-corrected chi connectivity index (χ2v) is 10.1. The summed E-state index contributed by atoms with van der Waals surface area (Å²) in [4.78, 5) is 0. The number of aliphatic hydroxyl groups is 1. The highest BCUT2D eigenvalue weighted by Gasteiger charge is 2.30. The lowest BCUT2D eigenvalue weighted by Crippen LogP contribution is -2.42. The molecule has 0 aromatic carbocycles. The summed E-state index contributed by atoms with van der Waals surface area (Å²) in [6, 6.07) is 6.16. The van der Waals surface area contributed by atoms with Crippen LogP contribution < -0.4 is 4.72 Å². The van der Waals surface area contributed by atoms with Gasteiger partial charge in [0.1, 0.15) is 9.97 Å². The highest BCUT2D eigenvalue weighted by atomic mass is 79.9. The van der Waals surface area contributed by atoms with Crippen molar-refractivity contribution in [3.05, 3.63) is 40.1 Å². The number of sulfonamides is 1. The molecule has 0 bridgehead atoms. The Labute approximate surface area is 148 Å². The van der Waals surface area contributed by atoms with Gasteiger partial charge in [-0.2, -0.15) is 0 Å². The average molecular weight is 422 g/mol. The van der Waals surface area contributed by atoms with E-state index >= 15 is 0 Å². The number of nitrogens with one attached hydrogen (secondary N) is 1. The molecule has 0 saturated heterocycles. The zero-order valence-electron chi connectivity index (χ0n) is 12.9. The molecule has 8 heteroatoms. The minimum absolute atomic E-state index is 0.213. The van der Waals surface area contributed by atoms with Gasteiger partial charge in [-0.25, -0.2) is 13.1 Å². The molecule has 2 unspecified atom stereocenters. The van der Waals surface area contributed by atoms with Gasteiger partial charge in [0, 0.05) is 5.92 Å². The van der Waals surface area contributed by atoms with Gasteiger partial charge >= 0.3 is 0 Å². The molecule has 0 aliphatic carbocycles. The van der Waals surface area contributed by atoms with Gasteiger partial charge in [-0.15, -0.1) is 11.3 Å². The molecule has 0 saturated carbocycles. The van der Waals surface area contributed by atoms with Gasteiger partial charge < -0.3 is 9.52 Å². The van der Waals surface area contributed by atoms with Crippen LogP contribution in [0.15, 0.2) is 42.9 Å². The van der Waals surface area contributed by atoms with Gasteiger partial charge in [-0.3, -0.25) is 0 Å². The van der Waals surface area contributed by atoms with Crippen molar-refractivity contribution >= 4 is 37.3 Å². The molecule has 0 spiro atoms. The third-order valence-corrected chi connectivity index (χ3v) is 7.04. The van der Waals surface area contributed by atoms with Crippen LogP contribution in [0.2, 0.25) is 0 Å². The fourth-order valence-corrected chi connectivity index (χ4v) is 5.73. The SMILES string of the molecule is CC(C)CC(c1ccco1)C(CO)NS(=O)(=O)c1ccc(Br)s1. The molecule has 5 nitrogen and oxygen atoms in total. The molecule has 0 fully saturated rings. The van der Waals surface area contributed by atoms with Crippen LogP contribution in [-0.4, -0.2) is 26.2 Å². The van der Waals surface area contributed by atoms with E-state index in [0.717, 1.165) is 15.1 Å². The Balaban J connectivity index is 2.25. The molecule has 0 radical (unpaired) electrons. The first-order valence-electron chi connectivity index (χ1n) is 7.25. The normalized spacial score (nSPS) is 15.0. The minimum Gasteiger partial charge on any atom is -0.469 e. The maximum Gasteiger partial charge on any atom is 0.250 e. The molecule has 2 N–H and O–H groups in total. The van der Waals surface area contributed by atoms with Gasteiger partial charge in [0.2, 0.25) is 10.0 Å². The van der Waals surface area contributed by atoms with E-state index in [9.17, 15) is 13.5 Å². The third-order valence-electron chi connectivity index (χ3n) is 3.44. The smallest absolute Gasteiger partial charge is 0.250 e. The standard InChI is InChI=1S/C15H20BrNO4S2/c1-10(2)8-11(13-4-3-7-21-13)12(9-18)17-23(19,20)15-6-5-14(16)22-15/h3-7,10-12,17-18H,8-9H2,1-2H3. The topological polar surface area (TPSA) is 79.5 Å². The van der Waals surface area contributed by atoms with Crippen LogP contribution in [0.1, 0.15) is 31.9 Å². The van der Waals surface area contributed by atoms with E-state index in [1.54, 1.807) is 18.4 Å². The van der Waals surface area contributed by atoms with Gasteiger partial charge in [0.05, 0.1) is 22.7 Å². The first-order valence-corrected chi connectivity index (χ1v) is 10.3. The Hall–Kier alpha value is -0.670. The van der Waals surface area contributed by atoms with E-state index in [1.807, 2.05) is 6.07 Å². The number of hydrogen-bond donors (Lipinski definition) is 2. The van der Waals surface area contributed by atoms with E-state index in [2.05, 4.69) is 34.5 Å². The van der Waals surface area contributed by atoms with Crippen molar-refractivity contribution in [1.29, 1.82) is 0 Å².